The van der Waals surface area contributed by atoms with Gasteiger partial charge in [0, 0.05) is 16.9 Å². The minimum Gasteiger partial charge on any atom is -0.294 e. The highest BCUT2D eigenvalue weighted by molar-refractivity contribution is 7.99. The maximum atomic E-state index is 13.3. The van der Waals surface area contributed by atoms with Gasteiger partial charge in [0.05, 0.1) is 5.02 Å². The van der Waals surface area contributed by atoms with Crippen molar-refractivity contribution < 1.29 is 9.18 Å². The van der Waals surface area contributed by atoms with Gasteiger partial charge in [-0.05, 0) is 35.6 Å². The molecule has 20 heavy (non-hydrogen) atoms. The zero-order chi connectivity index (χ0) is 14.5. The number of Topliss-reactive ketones (excluding diaryl/α,β-unsaturated/α-hetero) is 1. The molecule has 2 aromatic carbocycles. The number of rotatable bonds is 5. The van der Waals surface area contributed by atoms with Gasteiger partial charge in [0.1, 0.15) is 5.82 Å². The van der Waals surface area contributed by atoms with Gasteiger partial charge in [0.2, 0.25) is 0 Å². The van der Waals surface area contributed by atoms with Crippen molar-refractivity contribution in [3.05, 3.63) is 64.4 Å². The molecular weight excluding hydrogens is 295 g/mol. The lowest BCUT2D eigenvalue weighted by atomic mass is 10.0. The van der Waals surface area contributed by atoms with Crippen molar-refractivity contribution in [3.63, 3.8) is 0 Å². The molecule has 0 fully saturated rings. The molecule has 0 atom stereocenters. The summed E-state index contributed by atoms with van der Waals surface area (Å²) in [6, 6.07) is 11.9. The lowest BCUT2D eigenvalue weighted by Crippen LogP contribution is -2.03. The maximum Gasteiger partial charge on any atom is 0.167 e. The molecule has 0 bridgehead atoms. The van der Waals surface area contributed by atoms with E-state index in [4.69, 9.17) is 11.6 Å². The van der Waals surface area contributed by atoms with E-state index in [1.165, 1.54) is 12.1 Å². The van der Waals surface area contributed by atoms with Crippen LogP contribution in [0.15, 0.2) is 47.4 Å². The average Bonchev–Trinajstić information content (AvgIpc) is 2.44. The summed E-state index contributed by atoms with van der Waals surface area (Å²) in [6.45, 7) is 2.08. The van der Waals surface area contributed by atoms with E-state index in [0.717, 1.165) is 10.6 Å². The molecule has 4 heteroatoms. The van der Waals surface area contributed by atoms with Crippen molar-refractivity contribution in [1.82, 2.24) is 0 Å². The maximum absolute atomic E-state index is 13.3. The molecule has 0 aromatic heterocycles. The Morgan fingerprint density at radius 1 is 1.20 bits per heavy atom. The van der Waals surface area contributed by atoms with Crippen molar-refractivity contribution in [2.75, 3.05) is 5.75 Å². The zero-order valence-electron chi connectivity index (χ0n) is 11.0. The number of benzene rings is 2. The van der Waals surface area contributed by atoms with Crippen LogP contribution in [0.1, 0.15) is 22.8 Å². The number of thioether (sulfide) groups is 1. The van der Waals surface area contributed by atoms with Crippen molar-refractivity contribution in [2.45, 2.75) is 18.2 Å². The molecule has 0 aliphatic heterocycles. The molecule has 0 heterocycles. The molecule has 0 amide bonds. The highest BCUT2D eigenvalue weighted by atomic mass is 35.5. The lowest BCUT2D eigenvalue weighted by molar-refractivity contribution is 0.0993. The van der Waals surface area contributed by atoms with Crippen LogP contribution in [0.3, 0.4) is 0 Å². The Bertz CT molecular complexity index is 610. The first-order valence-electron chi connectivity index (χ1n) is 6.30. The first-order valence-corrected chi connectivity index (χ1v) is 7.66. The normalized spacial score (nSPS) is 10.6. The van der Waals surface area contributed by atoms with Crippen LogP contribution in [-0.2, 0) is 6.42 Å². The van der Waals surface area contributed by atoms with E-state index in [0.29, 0.717) is 11.1 Å². The van der Waals surface area contributed by atoms with E-state index < -0.39 is 5.82 Å². The molecule has 1 nitrogen and oxygen atoms in total. The average molecular weight is 309 g/mol. The number of carbonyl (C=O) groups is 1. The molecule has 0 spiro atoms. The summed E-state index contributed by atoms with van der Waals surface area (Å²) in [7, 11) is 0. The van der Waals surface area contributed by atoms with Crippen molar-refractivity contribution in [1.29, 1.82) is 0 Å². The molecular formula is C16H14ClFOS. The lowest BCUT2D eigenvalue weighted by Gasteiger charge is -2.04. The predicted molar refractivity (Wildman–Crippen MR) is 82.3 cm³/mol. The first-order chi connectivity index (χ1) is 9.60. The zero-order valence-corrected chi connectivity index (χ0v) is 12.6. The van der Waals surface area contributed by atoms with E-state index in [2.05, 4.69) is 6.92 Å². The van der Waals surface area contributed by atoms with Gasteiger partial charge in [-0.15, -0.1) is 11.8 Å². The fraction of sp³-hybridized carbons (Fsp3) is 0.188. The Hall–Kier alpha value is -1.32. The third-order valence-electron chi connectivity index (χ3n) is 2.84. The van der Waals surface area contributed by atoms with Gasteiger partial charge < -0.3 is 0 Å². The van der Waals surface area contributed by atoms with E-state index >= 15 is 0 Å². The van der Waals surface area contributed by atoms with E-state index in [-0.39, 0.29) is 17.2 Å². The number of hydrogen-bond acceptors (Lipinski definition) is 2. The summed E-state index contributed by atoms with van der Waals surface area (Å²) in [4.78, 5) is 13.3. The van der Waals surface area contributed by atoms with Crippen molar-refractivity contribution in [3.8, 4) is 0 Å². The Morgan fingerprint density at radius 3 is 2.50 bits per heavy atom. The SMILES string of the molecule is CCSc1ccc(C(=O)Cc2ccc(Cl)c(F)c2)cc1. The number of carbonyl (C=O) groups excluding carboxylic acids is 1. The summed E-state index contributed by atoms with van der Waals surface area (Å²) in [6.07, 6.45) is 0.175. The van der Waals surface area contributed by atoms with Gasteiger partial charge in [-0.2, -0.15) is 0 Å². The van der Waals surface area contributed by atoms with Gasteiger partial charge in [-0.3, -0.25) is 4.79 Å². The summed E-state index contributed by atoms with van der Waals surface area (Å²) in [5, 5.41) is 0.0714. The molecule has 2 rings (SSSR count). The minimum atomic E-state index is -0.494. The molecule has 0 aliphatic rings. The van der Waals surface area contributed by atoms with Crippen LogP contribution < -0.4 is 0 Å². The second-order valence-electron chi connectivity index (χ2n) is 4.31. The molecule has 0 saturated heterocycles. The summed E-state index contributed by atoms with van der Waals surface area (Å²) in [5.74, 6) is 0.476. The van der Waals surface area contributed by atoms with Gasteiger partial charge >= 0.3 is 0 Å². The Balaban J connectivity index is 2.09. The molecule has 0 saturated carbocycles. The minimum absolute atomic E-state index is 0.0280. The van der Waals surface area contributed by atoms with Crippen LogP contribution in [0.4, 0.5) is 4.39 Å². The van der Waals surface area contributed by atoms with E-state index in [9.17, 15) is 9.18 Å². The fourth-order valence-corrected chi connectivity index (χ4v) is 2.62. The standard InChI is InChI=1S/C16H14ClFOS/c1-2-20-13-6-4-12(5-7-13)16(19)10-11-3-8-14(17)15(18)9-11/h3-9H,2,10H2,1H3. The van der Waals surface area contributed by atoms with Crippen molar-refractivity contribution >= 4 is 29.1 Å². The third-order valence-corrected chi connectivity index (χ3v) is 4.04. The number of halogens is 2. The first kappa shape index (κ1) is 15.1. The van der Waals surface area contributed by atoms with Crippen LogP contribution >= 0.6 is 23.4 Å². The Kier molecular flexibility index (Phi) is 5.21. The largest absolute Gasteiger partial charge is 0.294 e. The fourth-order valence-electron chi connectivity index (χ4n) is 1.84. The molecule has 0 unspecified atom stereocenters. The van der Waals surface area contributed by atoms with Gasteiger partial charge in [-0.1, -0.05) is 36.7 Å². The second kappa shape index (κ2) is 6.91. The highest BCUT2D eigenvalue weighted by Crippen LogP contribution is 2.20. The van der Waals surface area contributed by atoms with Crippen LogP contribution in [0.25, 0.3) is 0 Å². The monoisotopic (exact) mass is 308 g/mol. The van der Waals surface area contributed by atoms with Crippen LogP contribution in [0.2, 0.25) is 5.02 Å². The summed E-state index contributed by atoms with van der Waals surface area (Å²) in [5.41, 5.74) is 1.27. The van der Waals surface area contributed by atoms with Crippen molar-refractivity contribution in [2.24, 2.45) is 0 Å². The second-order valence-corrected chi connectivity index (χ2v) is 6.05. The van der Waals surface area contributed by atoms with Crippen LogP contribution in [0.5, 0.6) is 0 Å². The smallest absolute Gasteiger partial charge is 0.167 e. The topological polar surface area (TPSA) is 17.1 Å². The third kappa shape index (κ3) is 3.84. The van der Waals surface area contributed by atoms with Crippen LogP contribution in [-0.4, -0.2) is 11.5 Å². The van der Waals surface area contributed by atoms with E-state index in [1.54, 1.807) is 17.8 Å². The molecule has 2 aromatic rings. The molecule has 0 N–H and O–H groups in total. The van der Waals surface area contributed by atoms with E-state index in [1.807, 2.05) is 24.3 Å². The van der Waals surface area contributed by atoms with Gasteiger partial charge in [-0.25, -0.2) is 4.39 Å². The van der Waals surface area contributed by atoms with Gasteiger partial charge in [0.25, 0.3) is 0 Å². The van der Waals surface area contributed by atoms with Crippen LogP contribution in [0, 0.1) is 5.82 Å². The molecule has 0 aliphatic carbocycles. The highest BCUT2D eigenvalue weighted by Gasteiger charge is 2.09. The summed E-state index contributed by atoms with van der Waals surface area (Å²) >= 11 is 7.35. The number of hydrogen-bond donors (Lipinski definition) is 0. The predicted octanol–water partition coefficient (Wildman–Crippen LogP) is 5.02. The quantitative estimate of drug-likeness (QED) is 0.570. The Morgan fingerprint density at radius 2 is 1.90 bits per heavy atom. The molecule has 104 valence electrons. The summed E-state index contributed by atoms with van der Waals surface area (Å²) < 4.78 is 13.3. The van der Waals surface area contributed by atoms with Gasteiger partial charge in [0.15, 0.2) is 5.78 Å². The molecule has 0 radical (unpaired) electrons. The number of ketones is 1. The Labute approximate surface area is 127 Å².